The summed E-state index contributed by atoms with van der Waals surface area (Å²) in [4.78, 5) is 0. The Labute approximate surface area is 125 Å². The molecule has 0 bridgehead atoms. The first kappa shape index (κ1) is 15.0. The number of ether oxygens (including phenoxy) is 2. The first-order valence-electron chi connectivity index (χ1n) is 7.39. The smallest absolute Gasteiger partial charge is 0.216 e. The van der Waals surface area contributed by atoms with Gasteiger partial charge < -0.3 is 9.47 Å². The molecule has 21 heavy (non-hydrogen) atoms. The van der Waals surface area contributed by atoms with Crippen LogP contribution in [0.3, 0.4) is 0 Å². The molecule has 1 aliphatic heterocycles. The van der Waals surface area contributed by atoms with Crippen LogP contribution in [-0.4, -0.2) is 39.9 Å². The Kier molecular flexibility index (Phi) is 4.59. The highest BCUT2D eigenvalue weighted by Crippen LogP contribution is 2.27. The van der Waals surface area contributed by atoms with Crippen molar-refractivity contribution in [2.45, 2.75) is 43.3 Å². The maximum absolute atomic E-state index is 12.2. The van der Waals surface area contributed by atoms with E-state index in [1.165, 1.54) is 0 Å². The molecular formula is C15H21NO4S. The van der Waals surface area contributed by atoms with Crippen LogP contribution in [0.2, 0.25) is 0 Å². The van der Waals surface area contributed by atoms with E-state index in [9.17, 15) is 8.42 Å². The van der Waals surface area contributed by atoms with E-state index in [0.29, 0.717) is 19.6 Å². The Bertz CT molecular complexity index is 560. The molecule has 3 rings (SSSR count). The van der Waals surface area contributed by atoms with E-state index in [1.807, 2.05) is 30.3 Å². The van der Waals surface area contributed by atoms with Crippen LogP contribution in [0.1, 0.15) is 24.8 Å². The van der Waals surface area contributed by atoms with E-state index in [0.717, 1.165) is 18.4 Å². The number of hydrogen-bond acceptors (Lipinski definition) is 4. The molecule has 0 amide bonds. The second kappa shape index (κ2) is 6.44. The van der Waals surface area contributed by atoms with Crippen LogP contribution in [0.15, 0.2) is 30.3 Å². The highest BCUT2D eigenvalue weighted by atomic mass is 32.2. The standard InChI is InChI=1S/C15H21NO4S/c17-21(18,11-12-4-2-1-3-5-12)16-13-6-7-14-15(10-13)20-9-8-19-14/h1-5,13-16H,6-11H2/t13-,14-,15-/m1/s1. The summed E-state index contributed by atoms with van der Waals surface area (Å²) in [7, 11) is -3.32. The molecule has 5 nitrogen and oxygen atoms in total. The van der Waals surface area contributed by atoms with Gasteiger partial charge in [-0.05, 0) is 24.8 Å². The lowest BCUT2D eigenvalue weighted by atomic mass is 9.90. The molecule has 116 valence electrons. The molecule has 1 heterocycles. The van der Waals surface area contributed by atoms with Gasteiger partial charge >= 0.3 is 0 Å². The van der Waals surface area contributed by atoms with Gasteiger partial charge in [0, 0.05) is 6.04 Å². The molecule has 0 spiro atoms. The summed E-state index contributed by atoms with van der Waals surface area (Å²) in [6, 6.07) is 9.18. The molecule has 1 N–H and O–H groups in total. The monoisotopic (exact) mass is 311 g/mol. The lowest BCUT2D eigenvalue weighted by Crippen LogP contribution is -2.49. The van der Waals surface area contributed by atoms with Crippen LogP contribution in [0.5, 0.6) is 0 Å². The summed E-state index contributed by atoms with van der Waals surface area (Å²) >= 11 is 0. The average Bonchev–Trinajstić information content (AvgIpc) is 2.47. The molecule has 1 aromatic carbocycles. The quantitative estimate of drug-likeness (QED) is 0.914. The highest BCUT2D eigenvalue weighted by Gasteiger charge is 2.35. The number of hydrogen-bond donors (Lipinski definition) is 1. The van der Waals surface area contributed by atoms with Crippen molar-refractivity contribution in [2.24, 2.45) is 0 Å². The Morgan fingerprint density at radius 1 is 1.05 bits per heavy atom. The molecular weight excluding hydrogens is 290 g/mol. The second-order valence-electron chi connectivity index (χ2n) is 5.69. The van der Waals surface area contributed by atoms with Gasteiger partial charge in [0.2, 0.25) is 10.0 Å². The van der Waals surface area contributed by atoms with Crippen molar-refractivity contribution in [3.63, 3.8) is 0 Å². The lowest BCUT2D eigenvalue weighted by molar-refractivity contribution is -0.156. The minimum atomic E-state index is -3.32. The largest absolute Gasteiger partial charge is 0.373 e. The third kappa shape index (κ3) is 4.03. The second-order valence-corrected chi connectivity index (χ2v) is 7.44. The average molecular weight is 311 g/mol. The topological polar surface area (TPSA) is 64.6 Å². The van der Waals surface area contributed by atoms with Gasteiger partial charge in [-0.3, -0.25) is 0 Å². The predicted molar refractivity (Wildman–Crippen MR) is 79.3 cm³/mol. The maximum atomic E-state index is 12.2. The molecule has 0 aromatic heterocycles. The fourth-order valence-corrected chi connectivity index (χ4v) is 4.50. The van der Waals surface area contributed by atoms with Crippen LogP contribution in [0, 0.1) is 0 Å². The summed E-state index contributed by atoms with van der Waals surface area (Å²) in [6.07, 6.45) is 2.51. The minimum Gasteiger partial charge on any atom is -0.373 e. The summed E-state index contributed by atoms with van der Waals surface area (Å²) in [5.41, 5.74) is 0.802. The Balaban J connectivity index is 1.58. The van der Waals surface area contributed by atoms with E-state index in [-0.39, 0.29) is 24.0 Å². The number of fused-ring (bicyclic) bond motifs is 1. The van der Waals surface area contributed by atoms with Crippen LogP contribution < -0.4 is 4.72 Å². The molecule has 6 heteroatoms. The summed E-state index contributed by atoms with van der Waals surface area (Å²) in [5, 5.41) is 0. The molecule has 1 saturated heterocycles. The van der Waals surface area contributed by atoms with Crippen molar-refractivity contribution >= 4 is 10.0 Å². The normalized spacial score (nSPS) is 29.8. The predicted octanol–water partition coefficient (Wildman–Crippen LogP) is 1.44. The summed E-state index contributed by atoms with van der Waals surface area (Å²) in [5.74, 6) is 0.0236. The van der Waals surface area contributed by atoms with Gasteiger partial charge in [-0.2, -0.15) is 0 Å². The fourth-order valence-electron chi connectivity index (χ4n) is 3.06. The Morgan fingerprint density at radius 3 is 2.52 bits per heavy atom. The Hall–Kier alpha value is -0.950. The van der Waals surface area contributed by atoms with E-state index in [2.05, 4.69) is 4.72 Å². The summed E-state index contributed by atoms with van der Waals surface area (Å²) in [6.45, 7) is 1.25. The van der Waals surface area contributed by atoms with Gasteiger partial charge in [-0.1, -0.05) is 30.3 Å². The van der Waals surface area contributed by atoms with Crippen molar-refractivity contribution in [3.8, 4) is 0 Å². The molecule has 1 aromatic rings. The van der Waals surface area contributed by atoms with Crippen molar-refractivity contribution in [1.82, 2.24) is 4.72 Å². The number of rotatable bonds is 4. The van der Waals surface area contributed by atoms with E-state index in [4.69, 9.17) is 9.47 Å². The zero-order valence-electron chi connectivity index (χ0n) is 11.9. The Morgan fingerprint density at radius 2 is 1.76 bits per heavy atom. The molecule has 1 saturated carbocycles. The molecule has 0 unspecified atom stereocenters. The van der Waals surface area contributed by atoms with E-state index in [1.54, 1.807) is 0 Å². The van der Waals surface area contributed by atoms with Gasteiger partial charge in [0.15, 0.2) is 0 Å². The number of benzene rings is 1. The van der Waals surface area contributed by atoms with E-state index >= 15 is 0 Å². The molecule has 0 radical (unpaired) electrons. The molecule has 1 aliphatic carbocycles. The zero-order valence-corrected chi connectivity index (χ0v) is 12.7. The van der Waals surface area contributed by atoms with Crippen LogP contribution in [-0.2, 0) is 25.2 Å². The SMILES string of the molecule is O=S(=O)(Cc1ccccc1)N[C@@H]1CC[C@H]2OCCO[C@@H]2C1. The molecule has 2 fully saturated rings. The van der Waals surface area contributed by atoms with Crippen molar-refractivity contribution in [1.29, 1.82) is 0 Å². The third-order valence-corrected chi connectivity index (χ3v) is 5.43. The van der Waals surface area contributed by atoms with Gasteiger partial charge in [-0.15, -0.1) is 0 Å². The number of nitrogens with one attached hydrogen (secondary N) is 1. The van der Waals surface area contributed by atoms with Crippen molar-refractivity contribution < 1.29 is 17.9 Å². The number of sulfonamides is 1. The van der Waals surface area contributed by atoms with Gasteiger partial charge in [-0.25, -0.2) is 13.1 Å². The lowest BCUT2D eigenvalue weighted by Gasteiger charge is -2.38. The van der Waals surface area contributed by atoms with Crippen LogP contribution >= 0.6 is 0 Å². The molecule has 2 aliphatic rings. The maximum Gasteiger partial charge on any atom is 0.216 e. The first-order valence-corrected chi connectivity index (χ1v) is 9.05. The van der Waals surface area contributed by atoms with Crippen molar-refractivity contribution in [3.05, 3.63) is 35.9 Å². The summed E-state index contributed by atoms with van der Waals surface area (Å²) < 4.78 is 38.6. The van der Waals surface area contributed by atoms with E-state index < -0.39 is 10.0 Å². The van der Waals surface area contributed by atoms with Gasteiger partial charge in [0.25, 0.3) is 0 Å². The van der Waals surface area contributed by atoms with Gasteiger partial charge in [0.05, 0.1) is 31.2 Å². The first-order chi connectivity index (χ1) is 10.1. The minimum absolute atomic E-state index is 0.0236. The third-order valence-electron chi connectivity index (χ3n) is 4.02. The van der Waals surface area contributed by atoms with Crippen LogP contribution in [0.25, 0.3) is 0 Å². The van der Waals surface area contributed by atoms with Gasteiger partial charge in [0.1, 0.15) is 0 Å². The zero-order chi connectivity index (χ0) is 14.7. The highest BCUT2D eigenvalue weighted by molar-refractivity contribution is 7.88. The molecule has 3 atom stereocenters. The van der Waals surface area contributed by atoms with Crippen molar-refractivity contribution in [2.75, 3.05) is 13.2 Å². The fraction of sp³-hybridized carbons (Fsp3) is 0.600. The van der Waals surface area contributed by atoms with Crippen LogP contribution in [0.4, 0.5) is 0 Å².